The van der Waals surface area contributed by atoms with Crippen LogP contribution >= 0.6 is 11.8 Å². The molecule has 3 atom stereocenters. The first-order valence-electron chi connectivity index (χ1n) is 6.88. The third-order valence-electron chi connectivity index (χ3n) is 3.85. The van der Waals surface area contributed by atoms with Gasteiger partial charge in [0.15, 0.2) is 0 Å². The standard InChI is InChI=1S/C14H29NS/c1-10(2)7-8-16-14-9-12(11(3)4)5-6-13(14)15/h10-14H,5-9,15H2,1-4H3. The van der Waals surface area contributed by atoms with E-state index in [0.29, 0.717) is 6.04 Å². The van der Waals surface area contributed by atoms with Crippen molar-refractivity contribution in [1.82, 2.24) is 0 Å². The summed E-state index contributed by atoms with van der Waals surface area (Å²) in [5, 5.41) is 0.722. The zero-order valence-electron chi connectivity index (χ0n) is 11.4. The number of hydrogen-bond acceptors (Lipinski definition) is 2. The van der Waals surface area contributed by atoms with Crippen LogP contribution in [0.25, 0.3) is 0 Å². The van der Waals surface area contributed by atoms with Gasteiger partial charge in [-0.15, -0.1) is 0 Å². The summed E-state index contributed by atoms with van der Waals surface area (Å²) in [6.45, 7) is 9.32. The molecule has 16 heavy (non-hydrogen) atoms. The maximum absolute atomic E-state index is 6.24. The number of rotatable bonds is 5. The molecule has 0 bridgehead atoms. The van der Waals surface area contributed by atoms with Crippen LogP contribution in [0, 0.1) is 17.8 Å². The summed E-state index contributed by atoms with van der Waals surface area (Å²) in [5.74, 6) is 3.87. The molecular weight excluding hydrogens is 214 g/mol. The summed E-state index contributed by atoms with van der Waals surface area (Å²) >= 11 is 2.13. The van der Waals surface area contributed by atoms with Gasteiger partial charge in [0, 0.05) is 11.3 Å². The second-order valence-corrected chi connectivity index (χ2v) is 7.42. The van der Waals surface area contributed by atoms with E-state index < -0.39 is 0 Å². The zero-order chi connectivity index (χ0) is 12.1. The normalized spacial score (nSPS) is 31.3. The van der Waals surface area contributed by atoms with E-state index in [0.717, 1.165) is 23.0 Å². The van der Waals surface area contributed by atoms with Crippen LogP contribution in [0.1, 0.15) is 53.4 Å². The first-order valence-corrected chi connectivity index (χ1v) is 7.92. The molecule has 1 nitrogen and oxygen atoms in total. The van der Waals surface area contributed by atoms with E-state index in [1.165, 1.54) is 31.4 Å². The molecule has 1 aliphatic carbocycles. The monoisotopic (exact) mass is 243 g/mol. The molecule has 0 heterocycles. The highest BCUT2D eigenvalue weighted by Gasteiger charge is 2.29. The largest absolute Gasteiger partial charge is 0.327 e. The molecule has 2 heteroatoms. The minimum atomic E-state index is 0.451. The van der Waals surface area contributed by atoms with E-state index in [1.54, 1.807) is 0 Å². The second kappa shape index (κ2) is 6.90. The van der Waals surface area contributed by atoms with E-state index >= 15 is 0 Å². The molecule has 96 valence electrons. The molecule has 2 N–H and O–H groups in total. The maximum atomic E-state index is 6.24. The van der Waals surface area contributed by atoms with Crippen molar-refractivity contribution in [2.45, 2.75) is 64.7 Å². The van der Waals surface area contributed by atoms with Crippen LogP contribution in [-0.4, -0.2) is 17.0 Å². The van der Waals surface area contributed by atoms with E-state index in [2.05, 4.69) is 39.5 Å². The van der Waals surface area contributed by atoms with Crippen LogP contribution in [0.3, 0.4) is 0 Å². The molecule has 0 radical (unpaired) electrons. The fourth-order valence-corrected chi connectivity index (χ4v) is 4.11. The van der Waals surface area contributed by atoms with Crippen molar-refractivity contribution < 1.29 is 0 Å². The molecule has 0 aliphatic heterocycles. The van der Waals surface area contributed by atoms with E-state index in [9.17, 15) is 0 Å². The second-order valence-electron chi connectivity index (χ2n) is 6.07. The third-order valence-corrected chi connectivity index (χ3v) is 5.29. The van der Waals surface area contributed by atoms with E-state index in [4.69, 9.17) is 5.73 Å². The first kappa shape index (κ1) is 14.4. The van der Waals surface area contributed by atoms with Gasteiger partial charge in [-0.25, -0.2) is 0 Å². The Morgan fingerprint density at radius 2 is 1.88 bits per heavy atom. The number of thioether (sulfide) groups is 1. The Bertz CT molecular complexity index is 191. The van der Waals surface area contributed by atoms with Crippen LogP contribution < -0.4 is 5.73 Å². The quantitative estimate of drug-likeness (QED) is 0.792. The molecule has 3 unspecified atom stereocenters. The molecule has 0 aromatic heterocycles. The van der Waals surface area contributed by atoms with Crippen LogP contribution in [0.15, 0.2) is 0 Å². The van der Waals surface area contributed by atoms with Gasteiger partial charge >= 0.3 is 0 Å². The van der Waals surface area contributed by atoms with E-state index in [1.807, 2.05) is 0 Å². The van der Waals surface area contributed by atoms with Crippen LogP contribution in [0.5, 0.6) is 0 Å². The summed E-state index contributed by atoms with van der Waals surface area (Å²) < 4.78 is 0. The van der Waals surface area contributed by atoms with Crippen molar-refractivity contribution in [3.63, 3.8) is 0 Å². The van der Waals surface area contributed by atoms with Gasteiger partial charge in [-0.3, -0.25) is 0 Å². The molecule has 1 saturated carbocycles. The minimum Gasteiger partial charge on any atom is -0.327 e. The molecule has 0 aromatic rings. The highest BCUT2D eigenvalue weighted by molar-refractivity contribution is 7.99. The maximum Gasteiger partial charge on any atom is 0.0201 e. The molecule has 1 rings (SSSR count). The van der Waals surface area contributed by atoms with Gasteiger partial charge in [-0.2, -0.15) is 11.8 Å². The minimum absolute atomic E-state index is 0.451. The van der Waals surface area contributed by atoms with Gasteiger partial charge in [0.2, 0.25) is 0 Å². The van der Waals surface area contributed by atoms with Crippen LogP contribution in [0.4, 0.5) is 0 Å². The number of hydrogen-bond donors (Lipinski definition) is 1. The van der Waals surface area contributed by atoms with Crippen LogP contribution in [0.2, 0.25) is 0 Å². The Morgan fingerprint density at radius 3 is 2.44 bits per heavy atom. The predicted octanol–water partition coefficient (Wildman–Crippen LogP) is 3.92. The highest BCUT2D eigenvalue weighted by Crippen LogP contribution is 2.35. The SMILES string of the molecule is CC(C)CCSC1CC(C(C)C)CCC1N. The molecule has 0 aromatic carbocycles. The van der Waals surface area contributed by atoms with Crippen molar-refractivity contribution in [1.29, 1.82) is 0 Å². The Hall–Kier alpha value is 0.310. The van der Waals surface area contributed by atoms with Gasteiger partial charge in [-0.1, -0.05) is 27.7 Å². The Balaban J connectivity index is 2.32. The van der Waals surface area contributed by atoms with Crippen molar-refractivity contribution in [2.24, 2.45) is 23.5 Å². The van der Waals surface area contributed by atoms with Gasteiger partial charge in [0.05, 0.1) is 0 Å². The summed E-state index contributed by atoms with van der Waals surface area (Å²) in [6.07, 6.45) is 5.27. The fourth-order valence-electron chi connectivity index (χ4n) is 2.44. The van der Waals surface area contributed by atoms with Gasteiger partial charge in [0.1, 0.15) is 0 Å². The first-order chi connectivity index (χ1) is 7.50. The van der Waals surface area contributed by atoms with E-state index in [-0.39, 0.29) is 0 Å². The average molecular weight is 243 g/mol. The summed E-state index contributed by atoms with van der Waals surface area (Å²) in [4.78, 5) is 0. The average Bonchev–Trinajstić information content (AvgIpc) is 2.20. The van der Waals surface area contributed by atoms with Crippen LogP contribution in [-0.2, 0) is 0 Å². The molecule has 0 amide bonds. The molecular formula is C14H29NS. The Kier molecular flexibility index (Phi) is 6.20. The topological polar surface area (TPSA) is 26.0 Å². The van der Waals surface area contributed by atoms with Crippen molar-refractivity contribution in [3.05, 3.63) is 0 Å². The number of nitrogens with two attached hydrogens (primary N) is 1. The van der Waals surface area contributed by atoms with Crippen molar-refractivity contribution >= 4 is 11.8 Å². The molecule has 0 spiro atoms. The van der Waals surface area contributed by atoms with Gasteiger partial charge < -0.3 is 5.73 Å². The summed E-state index contributed by atoms with van der Waals surface area (Å²) in [6, 6.07) is 0.451. The zero-order valence-corrected chi connectivity index (χ0v) is 12.2. The lowest BCUT2D eigenvalue weighted by Gasteiger charge is -2.35. The lowest BCUT2D eigenvalue weighted by molar-refractivity contribution is 0.266. The smallest absolute Gasteiger partial charge is 0.0201 e. The Morgan fingerprint density at radius 1 is 1.19 bits per heavy atom. The lowest BCUT2D eigenvalue weighted by Crippen LogP contribution is -2.39. The summed E-state index contributed by atoms with van der Waals surface area (Å²) in [5.41, 5.74) is 6.24. The fraction of sp³-hybridized carbons (Fsp3) is 1.00. The van der Waals surface area contributed by atoms with Crippen molar-refractivity contribution in [3.8, 4) is 0 Å². The lowest BCUT2D eigenvalue weighted by atomic mass is 9.79. The molecule has 1 aliphatic rings. The third kappa shape index (κ3) is 4.67. The summed E-state index contributed by atoms with van der Waals surface area (Å²) in [7, 11) is 0. The molecule has 0 saturated heterocycles. The van der Waals surface area contributed by atoms with Gasteiger partial charge in [0.25, 0.3) is 0 Å². The van der Waals surface area contributed by atoms with Gasteiger partial charge in [-0.05, 0) is 49.2 Å². The highest BCUT2D eigenvalue weighted by atomic mass is 32.2. The predicted molar refractivity (Wildman–Crippen MR) is 75.9 cm³/mol. The van der Waals surface area contributed by atoms with Crippen molar-refractivity contribution in [2.75, 3.05) is 5.75 Å². The Labute approximate surface area is 106 Å². The molecule has 1 fully saturated rings.